The Hall–Kier alpha value is -1.36. The van der Waals surface area contributed by atoms with Crippen molar-refractivity contribution in [2.75, 3.05) is 22.5 Å². The van der Waals surface area contributed by atoms with E-state index < -0.39 is 23.7 Å². The normalized spacial score (nSPS) is 15.1. The Balaban J connectivity index is 1.75. The van der Waals surface area contributed by atoms with Crippen molar-refractivity contribution in [1.29, 1.82) is 0 Å². The fourth-order valence-corrected chi connectivity index (χ4v) is 5.65. The maximum Gasteiger partial charge on any atom is 0.328 e. The van der Waals surface area contributed by atoms with Gasteiger partial charge in [0, 0.05) is 16.8 Å². The van der Waals surface area contributed by atoms with Crippen molar-refractivity contribution in [2.24, 2.45) is 11.8 Å². The third kappa shape index (κ3) is 6.34. The van der Waals surface area contributed by atoms with Crippen molar-refractivity contribution < 1.29 is 19.1 Å². The number of hydrogen-bond acceptors (Lipinski definition) is 5. The van der Waals surface area contributed by atoms with E-state index in [1.165, 1.54) is 34.1 Å². The fraction of sp³-hybridized carbons (Fsp3) is 0.450. The Morgan fingerprint density at radius 2 is 2.16 bits per heavy atom. The molecule has 1 aromatic carbocycles. The van der Waals surface area contributed by atoms with E-state index in [2.05, 4.69) is 26.2 Å². The van der Waals surface area contributed by atoms with Crippen molar-refractivity contribution >= 4 is 73.4 Å². The molecule has 1 aromatic heterocycles. The molecular weight excluding hydrogens is 529 g/mol. The van der Waals surface area contributed by atoms with Crippen LogP contribution in [0.3, 0.4) is 0 Å². The summed E-state index contributed by atoms with van der Waals surface area (Å²) in [6, 6.07) is 2.68. The number of urea groups is 1. The third-order valence-corrected chi connectivity index (χ3v) is 8.69. The van der Waals surface area contributed by atoms with Crippen LogP contribution >= 0.6 is 50.6 Å². The largest absolute Gasteiger partial charge is 0.481 e. The minimum Gasteiger partial charge on any atom is -0.481 e. The minimum absolute atomic E-state index is 0.0674. The molecule has 2 amide bonds. The molecule has 3 rings (SSSR count). The van der Waals surface area contributed by atoms with Gasteiger partial charge < -0.3 is 5.11 Å². The summed E-state index contributed by atoms with van der Waals surface area (Å²) in [5.41, 5.74) is 0.124. The van der Waals surface area contributed by atoms with Crippen molar-refractivity contribution in [1.82, 2.24) is 4.98 Å². The Morgan fingerprint density at radius 3 is 2.84 bits per heavy atom. The Labute approximate surface area is 201 Å². The molecule has 0 saturated heterocycles. The summed E-state index contributed by atoms with van der Waals surface area (Å²) in [6.07, 6.45) is 5.79. The molecule has 1 fully saturated rings. The number of aliphatic carboxylic acids is 1. The van der Waals surface area contributed by atoms with Crippen molar-refractivity contribution in [3.63, 3.8) is 0 Å². The molecule has 0 spiro atoms. The number of halogens is 3. The number of amides is 2. The molecule has 0 radical (unpaired) electrons. The van der Waals surface area contributed by atoms with Gasteiger partial charge in [0.1, 0.15) is 0 Å². The Morgan fingerprint density at radius 1 is 1.45 bits per heavy atom. The fourth-order valence-electron chi connectivity index (χ4n) is 3.29. The topological polar surface area (TPSA) is 82.5 Å². The predicted octanol–water partition coefficient (Wildman–Crippen LogP) is 6.74. The molecule has 168 valence electrons. The van der Waals surface area contributed by atoms with Crippen molar-refractivity contribution in [3.8, 4) is 0 Å². The molecule has 6 nitrogen and oxygen atoms in total. The number of nitrogens with zero attached hydrogens (tertiary/aromatic N) is 2. The van der Waals surface area contributed by atoms with Crippen LogP contribution in [0.1, 0.15) is 32.6 Å². The average molecular weight is 551 g/mol. The number of rotatable bonds is 8. The molecule has 1 aliphatic rings. The molecule has 11 heteroatoms. The van der Waals surface area contributed by atoms with Crippen LogP contribution in [-0.2, 0) is 4.79 Å². The zero-order valence-electron chi connectivity index (χ0n) is 16.7. The first-order chi connectivity index (χ1) is 14.8. The van der Waals surface area contributed by atoms with E-state index in [9.17, 15) is 14.0 Å². The lowest BCUT2D eigenvalue weighted by Crippen LogP contribution is -2.38. The number of carbonyl (C=O) groups is 2. The van der Waals surface area contributed by atoms with Gasteiger partial charge in [0.15, 0.2) is 10.9 Å². The average Bonchev–Trinajstić information content (AvgIpc) is 3.41. The van der Waals surface area contributed by atoms with Gasteiger partial charge in [-0.25, -0.2) is 14.2 Å². The van der Waals surface area contributed by atoms with Gasteiger partial charge in [0.05, 0.1) is 27.0 Å². The summed E-state index contributed by atoms with van der Waals surface area (Å²) in [4.78, 5) is 29.7. The van der Waals surface area contributed by atoms with E-state index in [0.717, 1.165) is 29.9 Å². The van der Waals surface area contributed by atoms with E-state index >= 15 is 0 Å². The zero-order chi connectivity index (χ0) is 22.5. The highest BCUT2D eigenvalue weighted by Gasteiger charge is 2.27. The molecule has 1 unspecified atom stereocenters. The summed E-state index contributed by atoms with van der Waals surface area (Å²) in [5.74, 6) is -1.29. The molecule has 1 heterocycles. The molecule has 2 aromatic rings. The monoisotopic (exact) mass is 549 g/mol. The van der Waals surface area contributed by atoms with E-state index in [0.29, 0.717) is 27.8 Å². The van der Waals surface area contributed by atoms with Gasteiger partial charge in [-0.15, -0.1) is 11.8 Å². The molecule has 0 bridgehead atoms. The maximum atomic E-state index is 14.9. The maximum absolute atomic E-state index is 14.9. The number of thioether (sulfide) groups is 1. The smallest absolute Gasteiger partial charge is 0.328 e. The number of hydrogen-bond donors (Lipinski definition) is 2. The van der Waals surface area contributed by atoms with Crippen molar-refractivity contribution in [2.45, 2.75) is 36.8 Å². The quantitative estimate of drug-likeness (QED) is 0.281. The first-order valence-electron chi connectivity index (χ1n) is 9.79. The lowest BCUT2D eigenvalue weighted by molar-refractivity contribution is -0.140. The Bertz CT molecular complexity index is 956. The predicted molar refractivity (Wildman–Crippen MR) is 127 cm³/mol. The van der Waals surface area contributed by atoms with Gasteiger partial charge in [-0.1, -0.05) is 42.7 Å². The summed E-state index contributed by atoms with van der Waals surface area (Å²) in [6.45, 7) is 2.03. The van der Waals surface area contributed by atoms with Gasteiger partial charge in [-0.05, 0) is 46.8 Å². The molecule has 2 N–H and O–H groups in total. The number of carboxylic acid groups (broad SMARTS) is 1. The van der Waals surface area contributed by atoms with Gasteiger partial charge in [0.2, 0.25) is 0 Å². The third-order valence-electron chi connectivity index (χ3n) is 5.06. The molecular formula is C20H22BrClFN3O3S2. The summed E-state index contributed by atoms with van der Waals surface area (Å²) in [5, 5.41) is 12.1. The Kier molecular flexibility index (Phi) is 8.60. The first kappa shape index (κ1) is 24.3. The van der Waals surface area contributed by atoms with Gasteiger partial charge in [-0.2, -0.15) is 0 Å². The highest BCUT2D eigenvalue weighted by atomic mass is 79.9. The highest BCUT2D eigenvalue weighted by Crippen LogP contribution is 2.35. The molecule has 31 heavy (non-hydrogen) atoms. The van der Waals surface area contributed by atoms with Crippen molar-refractivity contribution in [3.05, 3.63) is 33.6 Å². The minimum atomic E-state index is -0.858. The van der Waals surface area contributed by atoms with Crippen LogP contribution in [0.4, 0.5) is 20.0 Å². The summed E-state index contributed by atoms with van der Waals surface area (Å²) < 4.78 is 16.1. The van der Waals surface area contributed by atoms with Gasteiger partial charge in [-0.3, -0.25) is 15.0 Å². The second kappa shape index (κ2) is 11.0. The van der Waals surface area contributed by atoms with Crippen LogP contribution in [0.5, 0.6) is 0 Å². The van der Waals surface area contributed by atoms with Crippen LogP contribution < -0.4 is 10.2 Å². The molecule has 1 saturated carbocycles. The lowest BCUT2D eigenvalue weighted by Gasteiger charge is -2.26. The molecule has 0 aliphatic heterocycles. The molecule has 1 aliphatic carbocycles. The SMILES string of the molecule is CC(CSc1cnc(NC(=O)N(CC2CCCC2)c2ccc(Br)c(Cl)c2F)s1)C(=O)O. The number of nitrogens with one attached hydrogen (secondary N) is 1. The number of thiazole rings is 1. The van der Waals surface area contributed by atoms with E-state index in [4.69, 9.17) is 16.7 Å². The first-order valence-corrected chi connectivity index (χ1v) is 12.8. The van der Waals surface area contributed by atoms with Crippen LogP contribution in [0.2, 0.25) is 5.02 Å². The van der Waals surface area contributed by atoms with Crippen LogP contribution in [0.25, 0.3) is 0 Å². The number of aromatic nitrogens is 1. The van der Waals surface area contributed by atoms with Crippen LogP contribution in [0, 0.1) is 17.7 Å². The number of carboxylic acids is 1. The van der Waals surface area contributed by atoms with E-state index in [1.807, 2.05) is 0 Å². The van der Waals surface area contributed by atoms with E-state index in [1.54, 1.807) is 19.2 Å². The van der Waals surface area contributed by atoms with E-state index in [-0.39, 0.29) is 10.7 Å². The number of benzene rings is 1. The lowest BCUT2D eigenvalue weighted by atomic mass is 10.1. The van der Waals surface area contributed by atoms with Gasteiger partial charge >= 0.3 is 12.0 Å². The van der Waals surface area contributed by atoms with Gasteiger partial charge in [0.25, 0.3) is 0 Å². The standard InChI is InChI=1S/C20H22BrClFN3O3S2/c1-11(18(27)28)10-30-15-8-24-19(31-15)25-20(29)26(9-12-4-2-3-5-12)14-7-6-13(21)16(22)17(14)23/h6-8,11-12H,2-5,9-10H2,1H3,(H,27,28)(H,24,25,29). The van der Waals surface area contributed by atoms with Crippen LogP contribution in [0.15, 0.2) is 27.0 Å². The number of carbonyl (C=O) groups excluding carboxylic acids is 1. The highest BCUT2D eigenvalue weighted by molar-refractivity contribution is 9.10. The summed E-state index contributed by atoms with van der Waals surface area (Å²) >= 11 is 11.9. The second-order valence-corrected chi connectivity index (χ2v) is 11.0. The van der Waals surface area contributed by atoms with Crippen LogP contribution in [-0.4, -0.2) is 34.4 Å². The zero-order valence-corrected chi connectivity index (χ0v) is 20.7. The molecule has 1 atom stereocenters. The second-order valence-electron chi connectivity index (χ2n) is 7.42. The number of anilines is 2. The summed E-state index contributed by atoms with van der Waals surface area (Å²) in [7, 11) is 0.